The molecule has 0 spiro atoms. The second-order valence-corrected chi connectivity index (χ2v) is 11.4. The predicted molar refractivity (Wildman–Crippen MR) is 155 cm³/mol. The van der Waals surface area contributed by atoms with Gasteiger partial charge in [0.25, 0.3) is 0 Å². The Labute approximate surface area is 233 Å². The fraction of sp³-hybridized carbons (Fsp3) is 0.464. The molecule has 10 nitrogen and oxygen atoms in total. The smallest absolute Gasteiger partial charge is 0.177 e. The SMILES string of the molecule is CNc1cc(Oc2ccnc(CC(=O)C3CC3)c2)cnc1NC(=S)Nc1cc(C(C)(C)C)n([C@H]2CCOC2)n1. The van der Waals surface area contributed by atoms with Crippen molar-refractivity contribution in [1.82, 2.24) is 19.7 Å². The normalized spacial score (nSPS) is 17.1. The summed E-state index contributed by atoms with van der Waals surface area (Å²) in [7, 11) is 1.80. The van der Waals surface area contributed by atoms with E-state index in [1.54, 1.807) is 31.6 Å². The number of Topliss-reactive ketones (excluding diaryl/α,β-unsaturated/α-hetero) is 1. The van der Waals surface area contributed by atoms with Gasteiger partial charge in [0.15, 0.2) is 16.7 Å². The number of ketones is 1. The summed E-state index contributed by atoms with van der Waals surface area (Å²) in [5.74, 6) is 2.81. The Balaban J connectivity index is 1.25. The van der Waals surface area contributed by atoms with E-state index in [4.69, 9.17) is 26.8 Å². The zero-order chi connectivity index (χ0) is 27.6. The summed E-state index contributed by atoms with van der Waals surface area (Å²) in [5.41, 5.74) is 2.45. The number of pyridine rings is 2. The van der Waals surface area contributed by atoms with Gasteiger partial charge in [0.05, 0.1) is 30.2 Å². The van der Waals surface area contributed by atoms with Crippen LogP contribution in [0, 0.1) is 5.92 Å². The van der Waals surface area contributed by atoms with Crippen LogP contribution in [-0.2, 0) is 21.4 Å². The van der Waals surface area contributed by atoms with Gasteiger partial charge in [0.2, 0.25) is 0 Å². The number of aromatic nitrogens is 4. The Kier molecular flexibility index (Phi) is 7.81. The predicted octanol–water partition coefficient (Wildman–Crippen LogP) is 5.10. The quantitative estimate of drug-likeness (QED) is 0.312. The van der Waals surface area contributed by atoms with E-state index in [1.165, 1.54) is 0 Å². The highest BCUT2D eigenvalue weighted by Gasteiger charge is 2.30. The van der Waals surface area contributed by atoms with Crippen molar-refractivity contribution in [3.63, 3.8) is 0 Å². The number of nitrogens with zero attached hydrogens (tertiary/aromatic N) is 4. The van der Waals surface area contributed by atoms with Gasteiger partial charge in [-0.1, -0.05) is 20.8 Å². The monoisotopic (exact) mass is 549 g/mol. The average molecular weight is 550 g/mol. The van der Waals surface area contributed by atoms with E-state index in [2.05, 4.69) is 51.4 Å². The van der Waals surface area contributed by atoms with Crippen LogP contribution in [0.25, 0.3) is 0 Å². The van der Waals surface area contributed by atoms with Crippen LogP contribution >= 0.6 is 12.2 Å². The topological polar surface area (TPSA) is 115 Å². The number of hydrogen-bond acceptors (Lipinski definition) is 8. The third-order valence-electron chi connectivity index (χ3n) is 6.77. The van der Waals surface area contributed by atoms with E-state index in [9.17, 15) is 4.79 Å². The first-order chi connectivity index (χ1) is 18.7. The van der Waals surface area contributed by atoms with Gasteiger partial charge in [-0.15, -0.1) is 0 Å². The number of carbonyl (C=O) groups is 1. The molecule has 1 aliphatic heterocycles. The molecule has 11 heteroatoms. The van der Waals surface area contributed by atoms with Crippen LogP contribution in [0.3, 0.4) is 0 Å². The molecule has 2 aliphatic rings. The summed E-state index contributed by atoms with van der Waals surface area (Å²) in [6, 6.07) is 7.65. The molecule has 3 aromatic rings. The number of thiocarbonyl (C=S) groups is 1. The molecular formula is C28H35N7O3S. The van der Waals surface area contributed by atoms with Crippen LogP contribution in [-0.4, -0.2) is 50.9 Å². The Bertz CT molecular complexity index is 1360. The lowest BCUT2D eigenvalue weighted by Crippen LogP contribution is -2.22. The van der Waals surface area contributed by atoms with Crippen molar-refractivity contribution >= 4 is 40.4 Å². The van der Waals surface area contributed by atoms with E-state index < -0.39 is 0 Å². The first kappa shape index (κ1) is 27.0. The largest absolute Gasteiger partial charge is 0.456 e. The lowest BCUT2D eigenvalue weighted by Gasteiger charge is -2.22. The number of hydrogen-bond donors (Lipinski definition) is 3. The summed E-state index contributed by atoms with van der Waals surface area (Å²) >= 11 is 5.59. The molecule has 0 unspecified atom stereocenters. The lowest BCUT2D eigenvalue weighted by atomic mass is 9.91. The van der Waals surface area contributed by atoms with Gasteiger partial charge in [0, 0.05) is 61.5 Å². The van der Waals surface area contributed by atoms with E-state index in [-0.39, 0.29) is 23.2 Å². The number of anilines is 3. The number of nitrogens with one attached hydrogen (secondary N) is 3. The second kappa shape index (κ2) is 11.3. The van der Waals surface area contributed by atoms with Crippen LogP contribution in [0.5, 0.6) is 11.5 Å². The van der Waals surface area contributed by atoms with Crippen molar-refractivity contribution in [2.24, 2.45) is 5.92 Å². The molecule has 3 N–H and O–H groups in total. The van der Waals surface area contributed by atoms with Crippen molar-refractivity contribution in [3.05, 3.63) is 48.0 Å². The molecule has 0 radical (unpaired) electrons. The highest BCUT2D eigenvalue weighted by Crippen LogP contribution is 2.33. The molecule has 39 heavy (non-hydrogen) atoms. The lowest BCUT2D eigenvalue weighted by molar-refractivity contribution is -0.119. The zero-order valence-corrected chi connectivity index (χ0v) is 23.6. The third-order valence-corrected chi connectivity index (χ3v) is 6.98. The van der Waals surface area contributed by atoms with E-state index >= 15 is 0 Å². The Morgan fingerprint density at radius 1 is 1.15 bits per heavy atom. The van der Waals surface area contributed by atoms with Gasteiger partial charge in [-0.2, -0.15) is 5.10 Å². The van der Waals surface area contributed by atoms with Crippen LogP contribution in [0.4, 0.5) is 17.3 Å². The van der Waals surface area contributed by atoms with Gasteiger partial charge < -0.3 is 25.4 Å². The second-order valence-electron chi connectivity index (χ2n) is 11.0. The Hall–Kier alpha value is -3.57. The number of carbonyl (C=O) groups excluding carboxylic acids is 1. The van der Waals surface area contributed by atoms with Crippen molar-refractivity contribution in [2.45, 2.75) is 57.9 Å². The summed E-state index contributed by atoms with van der Waals surface area (Å²) in [4.78, 5) is 21.0. The van der Waals surface area contributed by atoms with Crippen molar-refractivity contribution < 1.29 is 14.3 Å². The van der Waals surface area contributed by atoms with Crippen LogP contribution < -0.4 is 20.7 Å². The first-order valence-electron chi connectivity index (χ1n) is 13.3. The number of ether oxygens (including phenoxy) is 2. The first-order valence-corrected chi connectivity index (χ1v) is 13.7. The molecule has 2 fully saturated rings. The maximum absolute atomic E-state index is 12.2. The van der Waals surface area contributed by atoms with E-state index in [0.717, 1.165) is 31.6 Å². The zero-order valence-electron chi connectivity index (χ0n) is 22.8. The fourth-order valence-electron chi connectivity index (χ4n) is 4.54. The molecular weight excluding hydrogens is 514 g/mol. The molecule has 1 aliphatic carbocycles. The summed E-state index contributed by atoms with van der Waals surface area (Å²) in [5, 5.41) is 14.7. The van der Waals surface area contributed by atoms with Gasteiger partial charge in [0.1, 0.15) is 17.3 Å². The molecule has 1 atom stereocenters. The van der Waals surface area contributed by atoms with Gasteiger partial charge in [-0.25, -0.2) is 4.98 Å². The van der Waals surface area contributed by atoms with E-state index in [0.29, 0.717) is 52.7 Å². The summed E-state index contributed by atoms with van der Waals surface area (Å²) in [6.07, 6.45) is 6.53. The van der Waals surface area contributed by atoms with Gasteiger partial charge in [-0.05, 0) is 37.5 Å². The average Bonchev–Trinajstić information content (AvgIpc) is 3.43. The minimum absolute atomic E-state index is 0.0798. The number of rotatable bonds is 9. The maximum atomic E-state index is 12.2. The molecule has 3 aromatic heterocycles. The highest BCUT2D eigenvalue weighted by molar-refractivity contribution is 7.80. The molecule has 206 valence electrons. The molecule has 5 rings (SSSR count). The highest BCUT2D eigenvalue weighted by atomic mass is 32.1. The van der Waals surface area contributed by atoms with Crippen LogP contribution in [0.15, 0.2) is 36.7 Å². The summed E-state index contributed by atoms with van der Waals surface area (Å²) in [6.45, 7) is 7.92. The minimum Gasteiger partial charge on any atom is -0.456 e. The minimum atomic E-state index is -0.0798. The van der Waals surface area contributed by atoms with Crippen molar-refractivity contribution in [3.8, 4) is 11.5 Å². The Morgan fingerprint density at radius 2 is 1.97 bits per heavy atom. The van der Waals surface area contributed by atoms with Gasteiger partial charge in [-0.3, -0.25) is 14.5 Å². The van der Waals surface area contributed by atoms with Crippen LogP contribution in [0.2, 0.25) is 0 Å². The molecule has 0 amide bonds. The Morgan fingerprint density at radius 3 is 2.67 bits per heavy atom. The van der Waals surface area contributed by atoms with Gasteiger partial charge >= 0.3 is 0 Å². The molecule has 0 aromatic carbocycles. The molecule has 1 saturated carbocycles. The van der Waals surface area contributed by atoms with Crippen LogP contribution in [0.1, 0.15) is 57.5 Å². The fourth-order valence-corrected chi connectivity index (χ4v) is 4.74. The van der Waals surface area contributed by atoms with E-state index in [1.807, 2.05) is 12.1 Å². The van der Waals surface area contributed by atoms with Crippen molar-refractivity contribution in [1.29, 1.82) is 0 Å². The standard InChI is InChI=1S/C28H35N7O3S/c1-28(2,3)24-14-25(34-35(24)19-8-10-37-16-19)32-27(39)33-26-22(29-4)13-21(15-31-26)38-20-7-9-30-18(11-20)12-23(36)17-5-6-17/h7,9,11,13-15,17,19,29H,5-6,8,10,12,16H2,1-4H3,(H2,31,32,33,34,39)/t19-/m0/s1. The molecule has 0 bridgehead atoms. The molecule has 1 saturated heterocycles. The molecule has 4 heterocycles. The third kappa shape index (κ3) is 6.72. The van der Waals surface area contributed by atoms with Crippen molar-refractivity contribution in [2.75, 3.05) is 36.2 Å². The maximum Gasteiger partial charge on any atom is 0.177 e. The summed E-state index contributed by atoms with van der Waals surface area (Å²) < 4.78 is 13.7.